The molecular formula is C14H12BrF5NO6PS. The number of alkyl halides is 5. The zero-order chi connectivity index (χ0) is 22.2. The third kappa shape index (κ3) is 5.44. The van der Waals surface area contributed by atoms with E-state index in [2.05, 4.69) is 20.7 Å². The fraction of sp³-hybridized carbons (Fsp3) is 0.357. The van der Waals surface area contributed by atoms with Crippen molar-refractivity contribution in [2.45, 2.75) is 11.8 Å². The summed E-state index contributed by atoms with van der Waals surface area (Å²) in [5.41, 5.74) is 0.476. The topological polar surface area (TPSA) is 119 Å². The van der Waals surface area contributed by atoms with Gasteiger partial charge in [-0.05, 0) is 28.1 Å². The van der Waals surface area contributed by atoms with E-state index < -0.39 is 50.0 Å². The lowest BCUT2D eigenvalue weighted by molar-refractivity contribution is -0.175. The van der Waals surface area contributed by atoms with Gasteiger partial charge in [0.15, 0.2) is 0 Å². The smallest absolute Gasteiger partial charge is 0.411 e. The molecule has 0 saturated carbocycles. The number of thiophene rings is 1. The molecule has 2 aromatic rings. The molecule has 0 atom stereocenters. The number of carbonyl (C=O) groups excluding carboxylic acids is 1. The van der Waals surface area contributed by atoms with Crippen LogP contribution in [0.1, 0.15) is 15.2 Å². The van der Waals surface area contributed by atoms with Gasteiger partial charge < -0.3 is 25.0 Å². The van der Waals surface area contributed by atoms with E-state index in [1.54, 1.807) is 0 Å². The average molecular weight is 528 g/mol. The maximum Gasteiger partial charge on any atom is 0.411 e. The van der Waals surface area contributed by atoms with Crippen LogP contribution in [0, 0.1) is 0 Å². The molecule has 7 nitrogen and oxygen atoms in total. The predicted molar refractivity (Wildman–Crippen MR) is 96.3 cm³/mol. The normalized spacial score (nSPS) is 13.1. The van der Waals surface area contributed by atoms with Crippen LogP contribution in [0.2, 0.25) is 0 Å². The first-order valence-electron chi connectivity index (χ1n) is 7.42. The van der Waals surface area contributed by atoms with Gasteiger partial charge in [-0.25, -0.2) is 0 Å². The van der Waals surface area contributed by atoms with Crippen molar-refractivity contribution in [2.75, 3.05) is 19.8 Å². The standard InChI is InChI=1S/C14H12BrF5NO6PS/c15-9-7-3-6(12(21)22)4-8(27-2-1-26-5-13(16,17)18)10(7)29-11(9)14(19,20)28(23,24)25/h3-4H,1-2,5H2,(H2,21,22)(H2,23,24,25). The van der Waals surface area contributed by atoms with Crippen LogP contribution in [0.4, 0.5) is 22.0 Å². The Balaban J connectivity index is 2.42. The monoisotopic (exact) mass is 527 g/mol. The van der Waals surface area contributed by atoms with Crippen LogP contribution >= 0.6 is 34.9 Å². The first-order chi connectivity index (χ1) is 13.1. The van der Waals surface area contributed by atoms with Gasteiger partial charge in [0, 0.05) is 15.4 Å². The molecule has 0 radical (unpaired) electrons. The maximum atomic E-state index is 14.2. The third-order valence-electron chi connectivity index (χ3n) is 3.37. The molecular weight excluding hydrogens is 516 g/mol. The van der Waals surface area contributed by atoms with E-state index in [9.17, 15) is 31.3 Å². The molecule has 2 rings (SSSR count). The fourth-order valence-electron chi connectivity index (χ4n) is 2.11. The van der Waals surface area contributed by atoms with Crippen molar-refractivity contribution >= 4 is 50.9 Å². The number of nitrogens with two attached hydrogens (primary N) is 1. The second-order valence-corrected chi connectivity index (χ2v) is 9.03. The average Bonchev–Trinajstić information content (AvgIpc) is 2.90. The van der Waals surface area contributed by atoms with Crippen molar-refractivity contribution in [3.8, 4) is 5.75 Å². The van der Waals surface area contributed by atoms with Crippen molar-refractivity contribution in [3.05, 3.63) is 27.0 Å². The van der Waals surface area contributed by atoms with Gasteiger partial charge in [-0.2, -0.15) is 22.0 Å². The van der Waals surface area contributed by atoms with Crippen molar-refractivity contribution < 1.29 is 50.6 Å². The number of amides is 1. The number of primary amides is 1. The number of benzene rings is 1. The molecule has 0 aliphatic heterocycles. The molecule has 1 heterocycles. The fourth-order valence-corrected chi connectivity index (χ4v) is 5.09. The molecule has 0 spiro atoms. The first-order valence-corrected chi connectivity index (χ1v) is 10.6. The molecule has 4 N–H and O–H groups in total. The van der Waals surface area contributed by atoms with Crippen LogP contribution in [0.5, 0.6) is 5.75 Å². The summed E-state index contributed by atoms with van der Waals surface area (Å²) in [6.07, 6.45) is -4.54. The van der Waals surface area contributed by atoms with E-state index in [-0.39, 0.29) is 37.2 Å². The Morgan fingerprint density at radius 1 is 1.21 bits per heavy atom. The maximum absolute atomic E-state index is 14.2. The summed E-state index contributed by atoms with van der Waals surface area (Å²) in [6, 6.07) is 2.20. The van der Waals surface area contributed by atoms with Gasteiger partial charge >= 0.3 is 19.4 Å². The van der Waals surface area contributed by atoms with Crippen molar-refractivity contribution in [3.63, 3.8) is 0 Å². The Bertz CT molecular complexity index is 976. The minimum atomic E-state index is -5.88. The van der Waals surface area contributed by atoms with E-state index in [0.29, 0.717) is 0 Å². The number of halogens is 6. The molecule has 0 aliphatic carbocycles. The van der Waals surface area contributed by atoms with E-state index in [1.165, 1.54) is 0 Å². The largest absolute Gasteiger partial charge is 0.490 e. The molecule has 0 unspecified atom stereocenters. The van der Waals surface area contributed by atoms with Crippen LogP contribution in [-0.2, 0) is 15.0 Å². The number of carbonyl (C=O) groups is 1. The number of ether oxygens (including phenoxy) is 2. The van der Waals surface area contributed by atoms with Gasteiger partial charge in [0.05, 0.1) is 11.3 Å². The summed E-state index contributed by atoms with van der Waals surface area (Å²) in [6.45, 7) is -2.44. The second kappa shape index (κ2) is 8.44. The Morgan fingerprint density at radius 2 is 1.83 bits per heavy atom. The quantitative estimate of drug-likeness (QED) is 0.272. The molecule has 1 amide bonds. The van der Waals surface area contributed by atoms with Crippen LogP contribution in [-0.4, -0.2) is 41.7 Å². The van der Waals surface area contributed by atoms with Crippen molar-refractivity contribution in [2.24, 2.45) is 5.73 Å². The SMILES string of the molecule is NC(=O)c1cc(OCCOCC(F)(F)F)c2sc(C(F)(F)P(=O)(O)O)c(Br)c2c1. The summed E-state index contributed by atoms with van der Waals surface area (Å²) < 4.78 is 84.9. The summed E-state index contributed by atoms with van der Waals surface area (Å²) in [5, 5.41) is -0.0411. The van der Waals surface area contributed by atoms with Gasteiger partial charge in [0.1, 0.15) is 23.8 Å². The molecule has 1 aromatic carbocycles. The Kier molecular flexibility index (Phi) is 6.97. The summed E-state index contributed by atoms with van der Waals surface area (Å²) >= 11 is 3.13. The van der Waals surface area contributed by atoms with Gasteiger partial charge in [-0.3, -0.25) is 9.36 Å². The van der Waals surface area contributed by atoms with Crippen LogP contribution in [0.25, 0.3) is 10.1 Å². The van der Waals surface area contributed by atoms with Gasteiger partial charge in [0.2, 0.25) is 5.91 Å². The van der Waals surface area contributed by atoms with Crippen LogP contribution < -0.4 is 10.5 Å². The van der Waals surface area contributed by atoms with Crippen LogP contribution in [0.3, 0.4) is 0 Å². The summed E-state index contributed by atoms with van der Waals surface area (Å²) in [5.74, 6) is -1.14. The van der Waals surface area contributed by atoms with Crippen molar-refractivity contribution in [1.82, 2.24) is 0 Å². The Hall–Kier alpha value is -1.31. The number of rotatable bonds is 8. The molecule has 0 bridgehead atoms. The highest BCUT2D eigenvalue weighted by atomic mass is 79.9. The van der Waals surface area contributed by atoms with Gasteiger partial charge in [0.25, 0.3) is 0 Å². The highest BCUT2D eigenvalue weighted by Crippen LogP contribution is 2.63. The molecule has 0 fully saturated rings. The predicted octanol–water partition coefficient (Wildman–Crippen LogP) is 3.95. The van der Waals surface area contributed by atoms with Crippen LogP contribution in [0.15, 0.2) is 16.6 Å². The summed E-state index contributed by atoms with van der Waals surface area (Å²) in [4.78, 5) is 28.4. The first kappa shape index (κ1) is 24.0. The molecule has 0 saturated heterocycles. The minimum absolute atomic E-state index is 0.0270. The number of fused-ring (bicyclic) bond motifs is 1. The third-order valence-corrected chi connectivity index (χ3v) is 6.85. The highest BCUT2D eigenvalue weighted by molar-refractivity contribution is 9.10. The molecule has 162 valence electrons. The molecule has 1 aromatic heterocycles. The van der Waals surface area contributed by atoms with Gasteiger partial charge in [-0.15, -0.1) is 11.3 Å². The zero-order valence-corrected chi connectivity index (χ0v) is 17.3. The Labute approximate surface area is 171 Å². The lowest BCUT2D eigenvalue weighted by Gasteiger charge is -2.16. The second-order valence-electron chi connectivity index (χ2n) is 5.56. The molecule has 29 heavy (non-hydrogen) atoms. The van der Waals surface area contributed by atoms with Crippen molar-refractivity contribution in [1.29, 1.82) is 0 Å². The lowest BCUT2D eigenvalue weighted by atomic mass is 10.1. The number of hydrogen-bond donors (Lipinski definition) is 3. The molecule has 15 heteroatoms. The summed E-state index contributed by atoms with van der Waals surface area (Å²) in [7, 11) is -5.88. The zero-order valence-electron chi connectivity index (χ0n) is 14.0. The van der Waals surface area contributed by atoms with Gasteiger partial charge in [-0.1, -0.05) is 0 Å². The van der Waals surface area contributed by atoms with E-state index in [4.69, 9.17) is 20.3 Å². The molecule has 0 aliphatic rings. The van der Waals surface area contributed by atoms with E-state index in [0.717, 1.165) is 12.1 Å². The minimum Gasteiger partial charge on any atom is -0.490 e. The van der Waals surface area contributed by atoms with E-state index in [1.807, 2.05) is 0 Å². The highest BCUT2D eigenvalue weighted by Gasteiger charge is 2.53. The lowest BCUT2D eigenvalue weighted by Crippen LogP contribution is -2.19. The Morgan fingerprint density at radius 3 is 2.34 bits per heavy atom. The number of hydrogen-bond acceptors (Lipinski definition) is 5. The van der Waals surface area contributed by atoms with E-state index >= 15 is 0 Å².